The molecule has 2 aliphatic heterocycles. The van der Waals surface area contributed by atoms with Crippen molar-refractivity contribution >= 4 is 69.3 Å². The zero-order valence-corrected chi connectivity index (χ0v) is 28.8. The number of esters is 2. The number of carbonyl (C=O) groups is 4. The zero-order chi connectivity index (χ0) is 34.6. The van der Waals surface area contributed by atoms with Gasteiger partial charge < -0.3 is 30.3 Å². The number of anilines is 1. The number of benzene rings is 2. The lowest BCUT2D eigenvalue weighted by molar-refractivity contribution is -0.162. The Morgan fingerprint density at radius 3 is 2.33 bits per heavy atom. The first-order valence-corrected chi connectivity index (χ1v) is 17.1. The van der Waals surface area contributed by atoms with Crippen LogP contribution in [0.3, 0.4) is 0 Å². The Bertz CT molecular complexity index is 1690. The van der Waals surface area contributed by atoms with Crippen molar-refractivity contribution in [2.24, 2.45) is 10.6 Å². The van der Waals surface area contributed by atoms with E-state index in [4.69, 9.17) is 31.6 Å². The number of β-lactam (4-membered cyclic amide) rings is 1. The Hall–Kier alpha value is -4.40. The number of ether oxygens (including phenoxy) is 2. The van der Waals surface area contributed by atoms with Crippen LogP contribution in [0, 0.1) is 5.41 Å². The Kier molecular flexibility index (Phi) is 10.5. The predicted octanol–water partition coefficient (Wildman–Crippen LogP) is 4.35. The molecule has 0 radical (unpaired) electrons. The maximum absolute atomic E-state index is 13.8. The van der Waals surface area contributed by atoms with Gasteiger partial charge in [-0.2, -0.15) is 0 Å². The van der Waals surface area contributed by atoms with Crippen molar-refractivity contribution in [1.82, 2.24) is 15.2 Å². The van der Waals surface area contributed by atoms with Crippen LogP contribution in [0.25, 0.3) is 0 Å². The molecule has 252 valence electrons. The first-order valence-electron chi connectivity index (χ1n) is 14.8. The minimum atomic E-state index is -1.19. The molecule has 2 aromatic carbocycles. The first-order chi connectivity index (χ1) is 22.8. The number of nitrogens with two attached hydrogens (primary N) is 1. The number of hydrogen-bond acceptors (Lipinski definition) is 12. The molecular weight excluding hydrogens is 678 g/mol. The van der Waals surface area contributed by atoms with Crippen LogP contribution in [0.2, 0.25) is 4.34 Å². The van der Waals surface area contributed by atoms with Gasteiger partial charge in [-0.25, -0.2) is 9.78 Å². The lowest BCUT2D eigenvalue weighted by atomic mass is 9.87. The first kappa shape index (κ1) is 34.9. The van der Waals surface area contributed by atoms with Crippen LogP contribution < -0.4 is 11.1 Å². The second-order valence-corrected chi connectivity index (χ2v) is 14.8. The molecule has 3 heterocycles. The van der Waals surface area contributed by atoms with Crippen molar-refractivity contribution in [2.75, 3.05) is 24.6 Å². The average Bonchev–Trinajstić information content (AvgIpc) is 3.40. The molecule has 2 amide bonds. The number of thiazole rings is 1. The van der Waals surface area contributed by atoms with E-state index in [-0.39, 0.29) is 33.2 Å². The summed E-state index contributed by atoms with van der Waals surface area (Å²) in [5.74, 6) is -2.21. The fourth-order valence-corrected chi connectivity index (χ4v) is 7.58. The Balaban J connectivity index is 1.28. The van der Waals surface area contributed by atoms with E-state index >= 15 is 0 Å². The van der Waals surface area contributed by atoms with E-state index < -0.39 is 58.9 Å². The van der Waals surface area contributed by atoms with E-state index in [1.54, 1.807) is 20.8 Å². The van der Waals surface area contributed by atoms with Gasteiger partial charge in [-0.1, -0.05) is 94.8 Å². The molecule has 3 aromatic rings. The van der Waals surface area contributed by atoms with Crippen LogP contribution in [-0.4, -0.2) is 75.3 Å². The number of amides is 2. The SMILES string of the molecule is C=CC1(C(=O)OC(c2ccccc2)c2ccccc2)CS[C@@H]2C(NC(=O)C(=NOCC(=O)OC(C)(C)C)c3nc(N)sc3Cl)C(=O)N2C1. The van der Waals surface area contributed by atoms with Gasteiger partial charge in [0, 0.05) is 12.3 Å². The monoisotopic (exact) mass is 711 g/mol. The van der Waals surface area contributed by atoms with E-state index in [9.17, 15) is 19.2 Å². The standard InChI is InChI=1S/C33H34ClN5O7S2/c1-5-33(30(43)45-25(19-12-8-6-9-13-19)20-14-10-7-11-15-20)17-39-28(42)24(29(39)47-18-33)36-27(41)23(22-26(34)48-31(35)37-22)38-44-16-21(40)46-32(2,3)4/h5-15,24-25,29H,1,16-18H2,2-4H3,(H2,35,37)(H,36,41)/t24?,29-,33?/m1/s1. The van der Waals surface area contributed by atoms with E-state index in [2.05, 4.69) is 22.0 Å². The largest absolute Gasteiger partial charge is 0.457 e. The average molecular weight is 712 g/mol. The number of halogens is 1. The summed E-state index contributed by atoms with van der Waals surface area (Å²) in [4.78, 5) is 63.5. The molecule has 1 aromatic heterocycles. The molecule has 3 atom stereocenters. The van der Waals surface area contributed by atoms with E-state index in [1.807, 2.05) is 60.7 Å². The van der Waals surface area contributed by atoms with Gasteiger partial charge in [-0.15, -0.1) is 18.3 Å². The summed E-state index contributed by atoms with van der Waals surface area (Å²) in [7, 11) is 0. The normalized spacial score (nSPS) is 20.7. The summed E-state index contributed by atoms with van der Waals surface area (Å²) in [6.45, 7) is 8.44. The highest BCUT2D eigenvalue weighted by atomic mass is 35.5. The molecule has 5 rings (SSSR count). The molecule has 15 heteroatoms. The lowest BCUT2D eigenvalue weighted by Gasteiger charge is -2.53. The molecule has 3 N–H and O–H groups in total. The molecule has 2 aliphatic rings. The minimum Gasteiger partial charge on any atom is -0.457 e. The van der Waals surface area contributed by atoms with E-state index in [0.29, 0.717) is 0 Å². The van der Waals surface area contributed by atoms with Gasteiger partial charge >= 0.3 is 11.9 Å². The fraction of sp³-hybridized carbons (Fsp3) is 0.333. The quantitative estimate of drug-likeness (QED) is 0.0962. The second kappa shape index (κ2) is 14.4. The highest BCUT2D eigenvalue weighted by Crippen LogP contribution is 2.44. The number of nitrogens with one attached hydrogen (secondary N) is 1. The van der Waals surface area contributed by atoms with Crippen LogP contribution >= 0.6 is 34.7 Å². The number of aromatic nitrogens is 1. The molecule has 0 aliphatic carbocycles. The van der Waals surface area contributed by atoms with E-state index in [1.165, 1.54) is 22.7 Å². The number of thioether (sulfide) groups is 1. The number of oxime groups is 1. The maximum Gasteiger partial charge on any atom is 0.347 e. The highest BCUT2D eigenvalue weighted by Gasteiger charge is 2.57. The molecule has 2 fully saturated rings. The van der Waals surface area contributed by atoms with Gasteiger partial charge in [-0.3, -0.25) is 14.4 Å². The summed E-state index contributed by atoms with van der Waals surface area (Å²) in [6.07, 6.45) is 0.854. The number of rotatable bonds is 11. The van der Waals surface area contributed by atoms with Crippen LogP contribution in [0.5, 0.6) is 0 Å². The van der Waals surface area contributed by atoms with Crippen molar-refractivity contribution in [3.63, 3.8) is 0 Å². The maximum atomic E-state index is 13.8. The molecule has 0 saturated carbocycles. The van der Waals surface area contributed by atoms with Crippen molar-refractivity contribution in [3.05, 3.63) is 94.5 Å². The minimum absolute atomic E-state index is 0.0168. The van der Waals surface area contributed by atoms with Gasteiger partial charge in [0.2, 0.25) is 12.5 Å². The summed E-state index contributed by atoms with van der Waals surface area (Å²) in [6, 6.07) is 17.8. The summed E-state index contributed by atoms with van der Waals surface area (Å²) in [5, 5.41) is 6.08. The van der Waals surface area contributed by atoms with Crippen LogP contribution in [0.4, 0.5) is 5.13 Å². The molecule has 2 saturated heterocycles. The number of hydrogen-bond donors (Lipinski definition) is 2. The van der Waals surface area contributed by atoms with Gasteiger partial charge in [0.05, 0.1) is 0 Å². The zero-order valence-electron chi connectivity index (χ0n) is 26.4. The Morgan fingerprint density at radius 1 is 1.17 bits per heavy atom. The molecular formula is C33H34ClN5O7S2. The van der Waals surface area contributed by atoms with Crippen LogP contribution in [-0.2, 0) is 33.5 Å². The van der Waals surface area contributed by atoms with Gasteiger partial charge in [0.1, 0.15) is 32.5 Å². The van der Waals surface area contributed by atoms with Gasteiger partial charge in [-0.05, 0) is 31.9 Å². The molecule has 0 bridgehead atoms. The fourth-order valence-electron chi connectivity index (χ4n) is 5.12. The van der Waals surface area contributed by atoms with Gasteiger partial charge in [0.15, 0.2) is 16.9 Å². The van der Waals surface area contributed by atoms with Crippen molar-refractivity contribution < 1.29 is 33.5 Å². The van der Waals surface area contributed by atoms with E-state index in [0.717, 1.165) is 22.5 Å². The number of fused-ring (bicyclic) bond motifs is 1. The summed E-state index contributed by atoms with van der Waals surface area (Å²) in [5.41, 5.74) is 4.99. The molecule has 2 unspecified atom stereocenters. The Morgan fingerprint density at radius 2 is 1.79 bits per heavy atom. The predicted molar refractivity (Wildman–Crippen MR) is 183 cm³/mol. The third-order valence-corrected chi connectivity index (χ3v) is 10.1. The topological polar surface area (TPSA) is 163 Å². The van der Waals surface area contributed by atoms with Crippen LogP contribution in [0.1, 0.15) is 43.7 Å². The summed E-state index contributed by atoms with van der Waals surface area (Å²) < 4.78 is 11.4. The number of nitrogens with zero attached hydrogens (tertiary/aromatic N) is 3. The second-order valence-electron chi connectivity index (χ2n) is 12.1. The Labute approximate surface area is 290 Å². The number of carbonyl (C=O) groups excluding carboxylic acids is 4. The van der Waals surface area contributed by atoms with Crippen molar-refractivity contribution in [1.29, 1.82) is 0 Å². The van der Waals surface area contributed by atoms with Crippen molar-refractivity contribution in [3.8, 4) is 0 Å². The molecule has 48 heavy (non-hydrogen) atoms. The molecule has 12 nitrogen and oxygen atoms in total. The third-order valence-electron chi connectivity index (χ3n) is 7.42. The van der Waals surface area contributed by atoms with Crippen molar-refractivity contribution in [2.45, 2.75) is 43.9 Å². The van der Waals surface area contributed by atoms with Crippen LogP contribution in [0.15, 0.2) is 78.5 Å². The van der Waals surface area contributed by atoms with Gasteiger partial charge in [0.25, 0.3) is 5.91 Å². The highest BCUT2D eigenvalue weighted by molar-refractivity contribution is 8.00. The lowest BCUT2D eigenvalue weighted by Crippen LogP contribution is -2.73. The summed E-state index contributed by atoms with van der Waals surface area (Å²) >= 11 is 8.49. The smallest absolute Gasteiger partial charge is 0.347 e. The number of nitrogen functional groups attached to an aromatic ring is 1. The third kappa shape index (κ3) is 7.66. The molecule has 0 spiro atoms.